The van der Waals surface area contributed by atoms with Crippen LogP contribution in [0.15, 0.2) is 12.4 Å². The largest absolute Gasteiger partial charge is 0.453 e. The first kappa shape index (κ1) is 11.8. The molecule has 0 saturated heterocycles. The molecule has 5 nitrogen and oxygen atoms in total. The molecule has 2 N–H and O–H groups in total. The van der Waals surface area contributed by atoms with Gasteiger partial charge in [-0.15, -0.1) is 5.10 Å². The number of alkyl halides is 3. The predicted octanol–water partition coefficient (Wildman–Crippen LogP) is 1.21. The second-order valence-electron chi connectivity index (χ2n) is 3.70. The molecule has 0 spiro atoms. The standard InChI is InChI=1S/C9H10F3N5/c1-5(2-13)6-3-14-8-15-7(9(10,11)12)16-17(8)4-6/h3-5H,2,13H2,1H3. The molecule has 0 aliphatic rings. The number of fused-ring (bicyclic) bond motifs is 1. The molecule has 0 amide bonds. The molecule has 92 valence electrons. The van der Waals surface area contributed by atoms with E-state index in [2.05, 4.69) is 15.1 Å². The Morgan fingerprint density at radius 3 is 2.76 bits per heavy atom. The third-order valence-electron chi connectivity index (χ3n) is 2.39. The van der Waals surface area contributed by atoms with Gasteiger partial charge in [-0.2, -0.15) is 18.2 Å². The average Bonchev–Trinajstić information content (AvgIpc) is 2.70. The molecular weight excluding hydrogens is 235 g/mol. The zero-order chi connectivity index (χ0) is 12.6. The minimum atomic E-state index is -4.56. The second-order valence-corrected chi connectivity index (χ2v) is 3.70. The van der Waals surface area contributed by atoms with Gasteiger partial charge >= 0.3 is 6.18 Å². The zero-order valence-corrected chi connectivity index (χ0v) is 8.94. The van der Waals surface area contributed by atoms with Crippen molar-refractivity contribution in [2.24, 2.45) is 5.73 Å². The molecule has 2 aromatic rings. The Bertz CT molecular complexity index is 533. The molecule has 1 atom stereocenters. The second kappa shape index (κ2) is 3.95. The van der Waals surface area contributed by atoms with Crippen molar-refractivity contribution in [2.45, 2.75) is 19.0 Å². The van der Waals surface area contributed by atoms with E-state index in [4.69, 9.17) is 5.73 Å². The Labute approximate surface area is 94.5 Å². The molecule has 0 fully saturated rings. The lowest BCUT2D eigenvalue weighted by Crippen LogP contribution is -2.10. The van der Waals surface area contributed by atoms with Gasteiger partial charge in [-0.25, -0.2) is 9.50 Å². The summed E-state index contributed by atoms with van der Waals surface area (Å²) in [6.45, 7) is 2.23. The SMILES string of the molecule is CC(CN)c1cnc2nc(C(F)(F)F)nn2c1. The van der Waals surface area contributed by atoms with Crippen LogP contribution >= 0.6 is 0 Å². The third-order valence-corrected chi connectivity index (χ3v) is 2.39. The summed E-state index contributed by atoms with van der Waals surface area (Å²) in [5.74, 6) is -1.27. The number of hydrogen-bond acceptors (Lipinski definition) is 4. The molecule has 0 saturated carbocycles. The van der Waals surface area contributed by atoms with Crippen LogP contribution in [0, 0.1) is 0 Å². The van der Waals surface area contributed by atoms with E-state index in [1.165, 1.54) is 12.4 Å². The van der Waals surface area contributed by atoms with E-state index in [-0.39, 0.29) is 11.7 Å². The summed E-state index contributed by atoms with van der Waals surface area (Å²) in [5.41, 5.74) is 6.19. The van der Waals surface area contributed by atoms with Crippen LogP contribution in [-0.2, 0) is 6.18 Å². The van der Waals surface area contributed by atoms with Crippen molar-refractivity contribution in [3.05, 3.63) is 23.8 Å². The first-order valence-corrected chi connectivity index (χ1v) is 4.91. The lowest BCUT2D eigenvalue weighted by Gasteiger charge is -2.07. The van der Waals surface area contributed by atoms with Gasteiger partial charge in [0, 0.05) is 12.4 Å². The fourth-order valence-corrected chi connectivity index (χ4v) is 1.31. The molecule has 1 unspecified atom stereocenters. The highest BCUT2D eigenvalue weighted by Crippen LogP contribution is 2.26. The molecule has 0 radical (unpaired) electrons. The maximum absolute atomic E-state index is 12.4. The Morgan fingerprint density at radius 2 is 2.18 bits per heavy atom. The van der Waals surface area contributed by atoms with E-state index < -0.39 is 12.0 Å². The monoisotopic (exact) mass is 245 g/mol. The Hall–Kier alpha value is -1.70. The maximum atomic E-state index is 12.4. The van der Waals surface area contributed by atoms with Crippen molar-refractivity contribution < 1.29 is 13.2 Å². The highest BCUT2D eigenvalue weighted by atomic mass is 19.4. The summed E-state index contributed by atoms with van der Waals surface area (Å²) in [6, 6.07) is 0. The summed E-state index contributed by atoms with van der Waals surface area (Å²) in [4.78, 5) is 7.11. The van der Waals surface area contributed by atoms with Crippen LogP contribution in [0.4, 0.5) is 13.2 Å². The first-order chi connectivity index (χ1) is 7.91. The van der Waals surface area contributed by atoms with Gasteiger partial charge in [0.05, 0.1) is 0 Å². The molecule has 17 heavy (non-hydrogen) atoms. The molecule has 2 rings (SSSR count). The van der Waals surface area contributed by atoms with Crippen molar-refractivity contribution in [2.75, 3.05) is 6.54 Å². The van der Waals surface area contributed by atoms with E-state index in [0.717, 1.165) is 10.1 Å². The van der Waals surface area contributed by atoms with Gasteiger partial charge in [0.1, 0.15) is 0 Å². The molecule has 2 heterocycles. The highest BCUT2D eigenvalue weighted by Gasteiger charge is 2.36. The van der Waals surface area contributed by atoms with E-state index in [1.807, 2.05) is 6.92 Å². The number of aromatic nitrogens is 4. The number of rotatable bonds is 2. The Morgan fingerprint density at radius 1 is 1.47 bits per heavy atom. The fourth-order valence-electron chi connectivity index (χ4n) is 1.31. The topological polar surface area (TPSA) is 69.1 Å². The summed E-state index contributed by atoms with van der Waals surface area (Å²) in [7, 11) is 0. The first-order valence-electron chi connectivity index (χ1n) is 4.91. The molecule has 0 bridgehead atoms. The van der Waals surface area contributed by atoms with Crippen LogP contribution in [0.1, 0.15) is 24.2 Å². The minimum absolute atomic E-state index is 0.00503. The number of hydrogen-bond donors (Lipinski definition) is 1. The van der Waals surface area contributed by atoms with Crippen molar-refractivity contribution in [1.29, 1.82) is 0 Å². The van der Waals surface area contributed by atoms with Crippen molar-refractivity contribution in [3.63, 3.8) is 0 Å². The fraction of sp³-hybridized carbons (Fsp3) is 0.444. The predicted molar refractivity (Wildman–Crippen MR) is 53.3 cm³/mol. The number of nitrogens with zero attached hydrogens (tertiary/aromatic N) is 4. The van der Waals surface area contributed by atoms with Gasteiger partial charge in [0.15, 0.2) is 0 Å². The summed E-state index contributed by atoms with van der Waals surface area (Å²) in [5, 5.41) is 3.34. The molecule has 0 aromatic carbocycles. The molecular formula is C9H10F3N5. The summed E-state index contributed by atoms with van der Waals surface area (Å²) < 4.78 is 38.1. The lowest BCUT2D eigenvalue weighted by molar-refractivity contribution is -0.144. The molecule has 8 heteroatoms. The molecule has 2 aromatic heterocycles. The van der Waals surface area contributed by atoms with Crippen LogP contribution in [0.25, 0.3) is 5.78 Å². The third kappa shape index (κ3) is 2.21. The maximum Gasteiger partial charge on any atom is 0.453 e. The number of nitrogens with two attached hydrogens (primary N) is 1. The van der Waals surface area contributed by atoms with Gasteiger partial charge in [-0.05, 0) is 18.0 Å². The quantitative estimate of drug-likeness (QED) is 0.863. The van der Waals surface area contributed by atoms with Gasteiger partial charge in [-0.3, -0.25) is 0 Å². The smallest absolute Gasteiger partial charge is 0.330 e. The van der Waals surface area contributed by atoms with Crippen molar-refractivity contribution in [3.8, 4) is 0 Å². The zero-order valence-electron chi connectivity index (χ0n) is 8.94. The van der Waals surface area contributed by atoms with E-state index in [0.29, 0.717) is 6.54 Å². The van der Waals surface area contributed by atoms with Crippen LogP contribution in [0.2, 0.25) is 0 Å². The molecule has 0 aliphatic carbocycles. The van der Waals surface area contributed by atoms with Crippen molar-refractivity contribution >= 4 is 5.78 Å². The van der Waals surface area contributed by atoms with E-state index in [9.17, 15) is 13.2 Å². The normalized spacial score (nSPS) is 14.2. The van der Waals surface area contributed by atoms with E-state index >= 15 is 0 Å². The van der Waals surface area contributed by atoms with Crippen molar-refractivity contribution in [1.82, 2.24) is 19.6 Å². The van der Waals surface area contributed by atoms with E-state index in [1.54, 1.807) is 0 Å². The van der Waals surface area contributed by atoms with Crippen LogP contribution in [0.3, 0.4) is 0 Å². The molecule has 0 aliphatic heterocycles. The van der Waals surface area contributed by atoms with Gasteiger partial charge in [0.2, 0.25) is 0 Å². The van der Waals surface area contributed by atoms with Gasteiger partial charge in [0.25, 0.3) is 11.6 Å². The van der Waals surface area contributed by atoms with Crippen LogP contribution in [-0.4, -0.2) is 26.1 Å². The average molecular weight is 245 g/mol. The van der Waals surface area contributed by atoms with Crippen LogP contribution < -0.4 is 5.73 Å². The van der Waals surface area contributed by atoms with Crippen LogP contribution in [0.5, 0.6) is 0 Å². The van der Waals surface area contributed by atoms with Gasteiger partial charge in [-0.1, -0.05) is 6.92 Å². The summed E-state index contributed by atoms with van der Waals surface area (Å²) >= 11 is 0. The lowest BCUT2D eigenvalue weighted by atomic mass is 10.1. The van der Waals surface area contributed by atoms with Gasteiger partial charge < -0.3 is 5.73 Å². The number of halogens is 3. The Kier molecular flexibility index (Phi) is 2.74. The Balaban J connectivity index is 2.48. The minimum Gasteiger partial charge on any atom is -0.330 e. The summed E-state index contributed by atoms with van der Waals surface area (Å²) in [6.07, 6.45) is -1.64. The highest BCUT2D eigenvalue weighted by molar-refractivity contribution is 5.29.